The van der Waals surface area contributed by atoms with Gasteiger partial charge in [0.05, 0.1) is 0 Å². The average molecular weight is 297 g/mol. The average Bonchev–Trinajstić information content (AvgIpc) is 2.83. The molecule has 116 valence electrons. The van der Waals surface area contributed by atoms with Gasteiger partial charge in [-0.25, -0.2) is 0 Å². The number of thiophene rings is 1. The molecule has 0 amide bonds. The molecular weight excluding hydrogens is 264 g/mol. The summed E-state index contributed by atoms with van der Waals surface area (Å²) in [4.78, 5) is 5.54. The first-order valence-electron chi connectivity index (χ1n) is 8.08. The van der Waals surface area contributed by atoms with Crippen molar-refractivity contribution in [2.75, 3.05) is 6.54 Å². The van der Waals surface area contributed by atoms with Gasteiger partial charge >= 0.3 is 0 Å². The Labute approximate surface area is 129 Å². The molecule has 0 fully saturated rings. The zero-order valence-corrected chi connectivity index (χ0v) is 14.7. The van der Waals surface area contributed by atoms with E-state index >= 15 is 0 Å². The van der Waals surface area contributed by atoms with E-state index in [1.54, 1.807) is 0 Å². The lowest BCUT2D eigenvalue weighted by molar-refractivity contribution is 0.210. The van der Waals surface area contributed by atoms with Gasteiger partial charge in [-0.05, 0) is 38.9 Å². The van der Waals surface area contributed by atoms with Crippen LogP contribution in [-0.4, -0.2) is 23.5 Å². The molecule has 3 heteroatoms. The molecule has 0 atom stereocenters. The minimum Gasteiger partial charge on any atom is -0.310 e. The van der Waals surface area contributed by atoms with Gasteiger partial charge in [0.1, 0.15) is 0 Å². The van der Waals surface area contributed by atoms with Gasteiger partial charge < -0.3 is 5.32 Å². The number of hydrogen-bond acceptors (Lipinski definition) is 3. The van der Waals surface area contributed by atoms with E-state index in [1.165, 1.54) is 35.6 Å². The molecule has 0 aliphatic heterocycles. The van der Waals surface area contributed by atoms with E-state index in [0.29, 0.717) is 12.1 Å². The molecular formula is C17H32N2S. The molecule has 1 rings (SSSR count). The zero-order valence-electron chi connectivity index (χ0n) is 13.9. The molecule has 2 nitrogen and oxygen atoms in total. The van der Waals surface area contributed by atoms with Crippen LogP contribution in [0.5, 0.6) is 0 Å². The third-order valence-electron chi connectivity index (χ3n) is 3.54. The van der Waals surface area contributed by atoms with E-state index < -0.39 is 0 Å². The van der Waals surface area contributed by atoms with Gasteiger partial charge in [-0.15, -0.1) is 11.3 Å². The van der Waals surface area contributed by atoms with E-state index in [1.807, 2.05) is 11.3 Å². The Morgan fingerprint density at radius 1 is 1.10 bits per heavy atom. The van der Waals surface area contributed by atoms with Crippen molar-refractivity contribution in [2.24, 2.45) is 0 Å². The SMILES string of the molecule is CCCCCN(Cc1ccc(CNC(C)C)s1)C(C)C. The minimum atomic E-state index is 0.557. The topological polar surface area (TPSA) is 15.3 Å². The third-order valence-corrected chi connectivity index (χ3v) is 4.61. The largest absolute Gasteiger partial charge is 0.310 e. The number of nitrogens with zero attached hydrogens (tertiary/aromatic N) is 1. The second-order valence-corrected chi connectivity index (χ2v) is 7.43. The second-order valence-electron chi connectivity index (χ2n) is 6.17. The Kier molecular flexibility index (Phi) is 8.43. The van der Waals surface area contributed by atoms with Gasteiger partial charge in [-0.1, -0.05) is 33.6 Å². The van der Waals surface area contributed by atoms with Crippen molar-refractivity contribution in [3.8, 4) is 0 Å². The number of rotatable bonds is 10. The standard InChI is InChI=1S/C17H32N2S/c1-6-7-8-11-19(15(4)5)13-17-10-9-16(20-17)12-18-14(2)3/h9-10,14-15,18H,6-8,11-13H2,1-5H3. The first-order valence-corrected chi connectivity index (χ1v) is 8.89. The van der Waals surface area contributed by atoms with E-state index in [-0.39, 0.29) is 0 Å². The molecule has 1 aromatic heterocycles. The number of unbranched alkanes of at least 4 members (excludes halogenated alkanes) is 2. The molecule has 0 spiro atoms. The highest BCUT2D eigenvalue weighted by Crippen LogP contribution is 2.20. The summed E-state index contributed by atoms with van der Waals surface area (Å²) >= 11 is 1.96. The molecule has 20 heavy (non-hydrogen) atoms. The maximum Gasteiger partial charge on any atom is 0.0330 e. The normalized spacial score (nSPS) is 12.0. The molecule has 0 radical (unpaired) electrons. The number of hydrogen-bond donors (Lipinski definition) is 1. The first kappa shape index (κ1) is 17.7. The van der Waals surface area contributed by atoms with Crippen LogP contribution in [0.2, 0.25) is 0 Å². The van der Waals surface area contributed by atoms with Crippen molar-refractivity contribution in [2.45, 2.75) is 79.1 Å². The summed E-state index contributed by atoms with van der Waals surface area (Å²) in [6.45, 7) is 14.6. The predicted molar refractivity (Wildman–Crippen MR) is 91.4 cm³/mol. The highest BCUT2D eigenvalue weighted by atomic mass is 32.1. The summed E-state index contributed by atoms with van der Waals surface area (Å²) < 4.78 is 0. The lowest BCUT2D eigenvalue weighted by Gasteiger charge is -2.25. The Morgan fingerprint density at radius 2 is 1.80 bits per heavy atom. The molecule has 0 bridgehead atoms. The van der Waals surface area contributed by atoms with Crippen LogP contribution in [0.15, 0.2) is 12.1 Å². The summed E-state index contributed by atoms with van der Waals surface area (Å²) in [5.41, 5.74) is 0. The van der Waals surface area contributed by atoms with Crippen LogP contribution in [0.3, 0.4) is 0 Å². The summed E-state index contributed by atoms with van der Waals surface area (Å²) in [5.74, 6) is 0. The molecule has 0 saturated heterocycles. The summed E-state index contributed by atoms with van der Waals surface area (Å²) in [6, 6.07) is 5.77. The van der Waals surface area contributed by atoms with Gasteiger partial charge in [0, 0.05) is 34.9 Å². The Balaban J connectivity index is 2.47. The quantitative estimate of drug-likeness (QED) is 0.632. The molecule has 0 aromatic carbocycles. The van der Waals surface area contributed by atoms with Crippen molar-refractivity contribution in [3.05, 3.63) is 21.9 Å². The minimum absolute atomic E-state index is 0.557. The van der Waals surface area contributed by atoms with Crippen molar-refractivity contribution < 1.29 is 0 Å². The highest BCUT2D eigenvalue weighted by Gasteiger charge is 2.11. The van der Waals surface area contributed by atoms with Crippen molar-refractivity contribution in [1.82, 2.24) is 10.2 Å². The summed E-state index contributed by atoms with van der Waals surface area (Å²) in [6.07, 6.45) is 3.97. The fourth-order valence-electron chi connectivity index (χ4n) is 2.19. The predicted octanol–water partition coefficient (Wildman–Crippen LogP) is 4.65. The smallest absolute Gasteiger partial charge is 0.0330 e. The van der Waals surface area contributed by atoms with Crippen molar-refractivity contribution >= 4 is 11.3 Å². The lowest BCUT2D eigenvalue weighted by Crippen LogP contribution is -2.31. The molecule has 1 heterocycles. The molecule has 0 aliphatic carbocycles. The Hall–Kier alpha value is -0.380. The zero-order chi connectivity index (χ0) is 15.0. The number of nitrogens with one attached hydrogen (secondary N) is 1. The van der Waals surface area contributed by atoms with E-state index in [4.69, 9.17) is 0 Å². The Morgan fingerprint density at radius 3 is 2.40 bits per heavy atom. The fourth-order valence-corrected chi connectivity index (χ4v) is 3.19. The molecule has 0 aliphatic rings. The van der Waals surface area contributed by atoms with Crippen LogP contribution in [0.1, 0.15) is 63.6 Å². The summed E-state index contributed by atoms with van der Waals surface area (Å²) in [7, 11) is 0. The molecule has 0 unspecified atom stereocenters. The Bertz CT molecular complexity index is 358. The maximum absolute atomic E-state index is 3.49. The van der Waals surface area contributed by atoms with Gasteiger partial charge in [0.15, 0.2) is 0 Å². The summed E-state index contributed by atoms with van der Waals surface area (Å²) in [5, 5.41) is 3.49. The van der Waals surface area contributed by atoms with Gasteiger partial charge in [0.25, 0.3) is 0 Å². The van der Waals surface area contributed by atoms with Crippen LogP contribution < -0.4 is 5.32 Å². The second kappa shape index (κ2) is 9.54. The van der Waals surface area contributed by atoms with Gasteiger partial charge in [-0.2, -0.15) is 0 Å². The van der Waals surface area contributed by atoms with E-state index in [0.717, 1.165) is 13.1 Å². The first-order chi connectivity index (χ1) is 9.52. The lowest BCUT2D eigenvalue weighted by atomic mass is 10.2. The van der Waals surface area contributed by atoms with Crippen LogP contribution in [-0.2, 0) is 13.1 Å². The van der Waals surface area contributed by atoms with Crippen molar-refractivity contribution in [1.29, 1.82) is 0 Å². The highest BCUT2D eigenvalue weighted by molar-refractivity contribution is 7.11. The fraction of sp³-hybridized carbons (Fsp3) is 0.765. The molecule has 0 saturated carbocycles. The third kappa shape index (κ3) is 6.87. The molecule has 1 N–H and O–H groups in total. The van der Waals surface area contributed by atoms with Gasteiger partial charge in [-0.3, -0.25) is 4.90 Å². The van der Waals surface area contributed by atoms with E-state index in [2.05, 4.69) is 57.0 Å². The van der Waals surface area contributed by atoms with Crippen LogP contribution in [0.4, 0.5) is 0 Å². The molecule has 1 aromatic rings. The van der Waals surface area contributed by atoms with Crippen molar-refractivity contribution in [3.63, 3.8) is 0 Å². The van der Waals surface area contributed by atoms with Crippen LogP contribution in [0.25, 0.3) is 0 Å². The van der Waals surface area contributed by atoms with Crippen LogP contribution >= 0.6 is 11.3 Å². The van der Waals surface area contributed by atoms with Crippen LogP contribution in [0, 0.1) is 0 Å². The van der Waals surface area contributed by atoms with E-state index in [9.17, 15) is 0 Å². The maximum atomic E-state index is 3.49. The van der Waals surface area contributed by atoms with Gasteiger partial charge in [0.2, 0.25) is 0 Å². The monoisotopic (exact) mass is 296 g/mol.